The Labute approximate surface area is 96.6 Å². The Bertz CT molecular complexity index is 236. The molecule has 0 saturated heterocycles. The zero-order valence-electron chi connectivity index (χ0n) is 9.93. The van der Waals surface area contributed by atoms with Crippen molar-refractivity contribution in [1.29, 1.82) is 0 Å². The number of hydrogen-bond donors (Lipinski definition) is 0. The number of nitrogens with zero attached hydrogens (tertiary/aromatic N) is 1. The molecule has 1 fully saturated rings. The summed E-state index contributed by atoms with van der Waals surface area (Å²) in [6, 6.07) is 0. The van der Waals surface area contributed by atoms with Crippen LogP contribution in [0.3, 0.4) is 0 Å². The molecular formula is C12H21NO3. The van der Waals surface area contributed by atoms with Crippen molar-refractivity contribution in [2.24, 2.45) is 17.8 Å². The highest BCUT2D eigenvalue weighted by Gasteiger charge is 2.33. The number of hydrogen-bond acceptors (Lipinski definition) is 3. The molecular weight excluding hydrogens is 206 g/mol. The van der Waals surface area contributed by atoms with Crippen molar-refractivity contribution in [2.75, 3.05) is 6.54 Å². The first-order valence-electron chi connectivity index (χ1n) is 6.26. The fraction of sp³-hybridized carbons (Fsp3) is 0.917. The Morgan fingerprint density at radius 2 is 2.00 bits per heavy atom. The van der Waals surface area contributed by atoms with E-state index in [0.29, 0.717) is 5.92 Å². The van der Waals surface area contributed by atoms with Crippen molar-refractivity contribution in [2.45, 2.75) is 45.4 Å². The number of rotatable bonds is 6. The van der Waals surface area contributed by atoms with E-state index in [1.165, 1.54) is 6.42 Å². The Balaban J connectivity index is 2.67. The van der Waals surface area contributed by atoms with Gasteiger partial charge in [0.15, 0.2) is 0 Å². The van der Waals surface area contributed by atoms with E-state index in [9.17, 15) is 14.9 Å². The van der Waals surface area contributed by atoms with Gasteiger partial charge in [0, 0.05) is 16.8 Å². The van der Waals surface area contributed by atoms with E-state index in [4.69, 9.17) is 0 Å². The smallest absolute Gasteiger partial charge is 0.207 e. The first-order chi connectivity index (χ1) is 7.69. The van der Waals surface area contributed by atoms with Gasteiger partial charge in [-0.15, -0.1) is 0 Å². The predicted molar refractivity (Wildman–Crippen MR) is 61.8 cm³/mol. The summed E-state index contributed by atoms with van der Waals surface area (Å²) in [5, 5.41) is 10.7. The second-order valence-electron chi connectivity index (χ2n) is 4.79. The lowest BCUT2D eigenvalue weighted by atomic mass is 9.73. The third kappa shape index (κ3) is 3.58. The summed E-state index contributed by atoms with van der Waals surface area (Å²) >= 11 is 0. The van der Waals surface area contributed by atoms with Crippen LogP contribution in [0.5, 0.6) is 0 Å². The summed E-state index contributed by atoms with van der Waals surface area (Å²) in [5.74, 6) is 0.209. The second-order valence-corrected chi connectivity index (χ2v) is 4.79. The van der Waals surface area contributed by atoms with E-state index in [-0.39, 0.29) is 23.3 Å². The van der Waals surface area contributed by atoms with Crippen molar-refractivity contribution >= 4 is 6.29 Å². The molecule has 16 heavy (non-hydrogen) atoms. The van der Waals surface area contributed by atoms with E-state index in [1.807, 2.05) is 6.92 Å². The summed E-state index contributed by atoms with van der Waals surface area (Å²) in [5.41, 5.74) is 0. The SMILES string of the molecule is CC[C@@H](C=O)[C@@H](C[N+](=O)[O-])C1CCCCC1. The van der Waals surface area contributed by atoms with Gasteiger partial charge in [-0.1, -0.05) is 26.2 Å². The average molecular weight is 227 g/mol. The van der Waals surface area contributed by atoms with Gasteiger partial charge in [-0.25, -0.2) is 0 Å². The second kappa shape index (κ2) is 6.61. The van der Waals surface area contributed by atoms with Crippen molar-refractivity contribution in [3.05, 3.63) is 10.1 Å². The molecule has 0 heterocycles. The Morgan fingerprint density at radius 1 is 1.38 bits per heavy atom. The van der Waals surface area contributed by atoms with Gasteiger partial charge in [-0.2, -0.15) is 0 Å². The third-order valence-corrected chi connectivity index (χ3v) is 3.81. The van der Waals surface area contributed by atoms with Crippen molar-refractivity contribution in [1.82, 2.24) is 0 Å². The molecule has 92 valence electrons. The van der Waals surface area contributed by atoms with Crippen LogP contribution in [0.4, 0.5) is 0 Å². The number of aldehydes is 1. The molecule has 0 aromatic rings. The number of nitro groups is 1. The maximum absolute atomic E-state index is 11.0. The van der Waals surface area contributed by atoms with E-state index < -0.39 is 0 Å². The van der Waals surface area contributed by atoms with Crippen molar-refractivity contribution in [3.63, 3.8) is 0 Å². The van der Waals surface area contributed by atoms with Crippen LogP contribution < -0.4 is 0 Å². The normalized spacial score (nSPS) is 21.3. The monoisotopic (exact) mass is 227 g/mol. The van der Waals surface area contributed by atoms with Gasteiger partial charge in [-0.05, 0) is 25.2 Å². The van der Waals surface area contributed by atoms with Gasteiger partial charge < -0.3 is 4.79 Å². The molecule has 1 rings (SSSR count). The van der Waals surface area contributed by atoms with Crippen LogP contribution in [0.2, 0.25) is 0 Å². The van der Waals surface area contributed by atoms with E-state index in [1.54, 1.807) is 0 Å². The molecule has 4 nitrogen and oxygen atoms in total. The van der Waals surface area contributed by atoms with Crippen molar-refractivity contribution in [3.8, 4) is 0 Å². The average Bonchev–Trinajstić information content (AvgIpc) is 2.30. The maximum Gasteiger partial charge on any atom is 0.207 e. The minimum Gasteiger partial charge on any atom is -0.303 e. The molecule has 1 saturated carbocycles. The topological polar surface area (TPSA) is 60.2 Å². The summed E-state index contributed by atoms with van der Waals surface area (Å²) in [6.07, 6.45) is 7.31. The van der Waals surface area contributed by atoms with Gasteiger partial charge in [0.25, 0.3) is 0 Å². The van der Waals surface area contributed by atoms with Crippen LogP contribution in [-0.2, 0) is 4.79 Å². The highest BCUT2D eigenvalue weighted by Crippen LogP contribution is 2.34. The molecule has 2 atom stereocenters. The van der Waals surface area contributed by atoms with Gasteiger partial charge in [0.2, 0.25) is 6.54 Å². The van der Waals surface area contributed by atoms with Crippen LogP contribution in [-0.4, -0.2) is 17.8 Å². The Morgan fingerprint density at radius 3 is 2.44 bits per heavy atom. The molecule has 0 aromatic carbocycles. The first kappa shape index (κ1) is 13.1. The molecule has 0 unspecified atom stereocenters. The molecule has 1 aliphatic carbocycles. The summed E-state index contributed by atoms with van der Waals surface area (Å²) in [4.78, 5) is 21.4. The molecule has 0 aliphatic heterocycles. The molecule has 4 heteroatoms. The lowest BCUT2D eigenvalue weighted by Gasteiger charge is -2.30. The van der Waals surface area contributed by atoms with Gasteiger partial charge in [0.05, 0.1) is 0 Å². The van der Waals surface area contributed by atoms with Crippen LogP contribution in [0, 0.1) is 27.9 Å². The summed E-state index contributed by atoms with van der Waals surface area (Å²) in [6.45, 7) is 1.90. The van der Waals surface area contributed by atoms with Gasteiger partial charge >= 0.3 is 0 Å². The largest absolute Gasteiger partial charge is 0.303 e. The van der Waals surface area contributed by atoms with E-state index in [0.717, 1.165) is 38.4 Å². The Hall–Kier alpha value is -0.930. The van der Waals surface area contributed by atoms with Crippen LogP contribution in [0.15, 0.2) is 0 Å². The first-order valence-corrected chi connectivity index (χ1v) is 6.26. The fourth-order valence-electron chi connectivity index (χ4n) is 2.87. The molecule has 0 bridgehead atoms. The molecule has 0 amide bonds. The number of carbonyl (C=O) groups excluding carboxylic acids is 1. The molecule has 0 N–H and O–H groups in total. The zero-order chi connectivity index (χ0) is 12.0. The quantitative estimate of drug-likeness (QED) is 0.398. The van der Waals surface area contributed by atoms with E-state index >= 15 is 0 Å². The fourth-order valence-corrected chi connectivity index (χ4v) is 2.87. The number of carbonyl (C=O) groups is 1. The minimum atomic E-state index is -0.258. The zero-order valence-corrected chi connectivity index (χ0v) is 9.93. The standard InChI is InChI=1S/C12H21NO3/c1-2-10(9-14)12(8-13(15)16)11-6-4-3-5-7-11/h9-12H,2-8H2,1H3/t10-,12+/m0/s1. The lowest BCUT2D eigenvalue weighted by molar-refractivity contribution is -0.491. The molecule has 0 spiro atoms. The molecule has 0 aromatic heterocycles. The van der Waals surface area contributed by atoms with Crippen LogP contribution in [0.1, 0.15) is 45.4 Å². The van der Waals surface area contributed by atoms with E-state index in [2.05, 4.69) is 0 Å². The highest BCUT2D eigenvalue weighted by atomic mass is 16.6. The summed E-state index contributed by atoms with van der Waals surface area (Å²) in [7, 11) is 0. The van der Waals surface area contributed by atoms with Crippen LogP contribution >= 0.6 is 0 Å². The molecule has 1 aliphatic rings. The maximum atomic E-state index is 11.0. The van der Waals surface area contributed by atoms with Gasteiger partial charge in [0.1, 0.15) is 6.29 Å². The van der Waals surface area contributed by atoms with Crippen LogP contribution in [0.25, 0.3) is 0 Å². The highest BCUT2D eigenvalue weighted by molar-refractivity contribution is 5.54. The van der Waals surface area contributed by atoms with Crippen molar-refractivity contribution < 1.29 is 9.72 Å². The molecule has 0 radical (unpaired) electrons. The minimum absolute atomic E-state index is 0.0398. The Kier molecular flexibility index (Phi) is 5.43. The summed E-state index contributed by atoms with van der Waals surface area (Å²) < 4.78 is 0. The third-order valence-electron chi connectivity index (χ3n) is 3.81. The lowest BCUT2D eigenvalue weighted by Crippen LogP contribution is -2.32. The predicted octanol–water partition coefficient (Wildman–Crippen LogP) is 2.68. The van der Waals surface area contributed by atoms with Gasteiger partial charge in [-0.3, -0.25) is 10.1 Å².